The molecule has 1 aliphatic heterocycles. The van der Waals surface area contributed by atoms with E-state index in [1.807, 2.05) is 0 Å². The number of sulfonamides is 1. The Balaban J connectivity index is 1.79. The molecule has 1 aliphatic rings. The van der Waals surface area contributed by atoms with Gasteiger partial charge in [0.1, 0.15) is 0 Å². The summed E-state index contributed by atoms with van der Waals surface area (Å²) < 4.78 is 64.2. The fourth-order valence-electron chi connectivity index (χ4n) is 2.82. The Kier molecular flexibility index (Phi) is 6.92. The van der Waals surface area contributed by atoms with Gasteiger partial charge in [-0.1, -0.05) is 18.2 Å². The fraction of sp³-hybridized carbons (Fsp3) is 0.263. The lowest BCUT2D eigenvalue weighted by molar-refractivity contribution is -0.122. The fourth-order valence-corrected chi connectivity index (χ4v) is 5.03. The van der Waals surface area contributed by atoms with E-state index in [-0.39, 0.29) is 40.7 Å². The summed E-state index contributed by atoms with van der Waals surface area (Å²) in [5, 5.41) is 5.06. The van der Waals surface area contributed by atoms with Gasteiger partial charge in [-0.2, -0.15) is 17.5 Å². The molecule has 0 bridgehead atoms. The molecule has 2 aromatic rings. The maximum Gasteiger partial charge on any atom is 0.398 e. The number of thioether (sulfide) groups is 1. The monoisotopic (exact) mass is 473 g/mol. The molecule has 31 heavy (non-hydrogen) atoms. The Hall–Kier alpha value is -2.57. The van der Waals surface area contributed by atoms with Crippen LogP contribution in [0.2, 0.25) is 0 Å². The van der Waals surface area contributed by atoms with E-state index in [0.29, 0.717) is 11.8 Å². The van der Waals surface area contributed by atoms with Gasteiger partial charge >= 0.3 is 6.18 Å². The van der Waals surface area contributed by atoms with Crippen molar-refractivity contribution in [2.45, 2.75) is 16.0 Å². The standard InChI is InChI=1S/C19H18F3N3O4S2/c20-19(21,22)12-30-16-7-2-1-6-15(16)24-18(27)13-4-3-5-14(10-13)31(28,29)25-9-8-23-17(26)11-25/h1-7,10H,8-9,11-12H2,(H,23,26)(H,24,27). The number of carbonyl (C=O) groups is 2. The van der Waals surface area contributed by atoms with Crippen LogP contribution in [0.25, 0.3) is 0 Å². The van der Waals surface area contributed by atoms with Crippen LogP contribution in [0, 0.1) is 0 Å². The molecular formula is C19H18F3N3O4S2. The lowest BCUT2D eigenvalue weighted by Crippen LogP contribution is -2.49. The molecule has 2 aromatic carbocycles. The average Bonchev–Trinajstić information content (AvgIpc) is 2.72. The SMILES string of the molecule is O=C1CN(S(=O)(=O)c2cccc(C(=O)Nc3ccccc3SCC(F)(F)F)c2)CCN1. The summed E-state index contributed by atoms with van der Waals surface area (Å²) in [7, 11) is -3.99. The van der Waals surface area contributed by atoms with Crippen LogP contribution in [-0.2, 0) is 14.8 Å². The Morgan fingerprint density at radius 2 is 1.90 bits per heavy atom. The van der Waals surface area contributed by atoms with Gasteiger partial charge in [-0.25, -0.2) is 8.42 Å². The minimum Gasteiger partial charge on any atom is -0.354 e. The van der Waals surface area contributed by atoms with E-state index in [1.165, 1.54) is 36.4 Å². The van der Waals surface area contributed by atoms with Crippen LogP contribution < -0.4 is 10.6 Å². The van der Waals surface area contributed by atoms with Gasteiger partial charge in [-0.15, -0.1) is 11.8 Å². The lowest BCUT2D eigenvalue weighted by atomic mass is 10.2. The number of benzene rings is 2. The number of nitrogens with zero attached hydrogens (tertiary/aromatic N) is 1. The van der Waals surface area contributed by atoms with Gasteiger partial charge in [0.15, 0.2) is 0 Å². The van der Waals surface area contributed by atoms with Crippen molar-refractivity contribution in [2.24, 2.45) is 0 Å². The third-order valence-electron chi connectivity index (χ3n) is 4.26. The van der Waals surface area contributed by atoms with Crippen molar-refractivity contribution in [1.82, 2.24) is 9.62 Å². The van der Waals surface area contributed by atoms with Crippen molar-refractivity contribution in [2.75, 3.05) is 30.7 Å². The van der Waals surface area contributed by atoms with Crippen LogP contribution in [0.15, 0.2) is 58.3 Å². The number of rotatable bonds is 6. The molecule has 2 N–H and O–H groups in total. The summed E-state index contributed by atoms with van der Waals surface area (Å²) >= 11 is 0.537. The molecule has 0 saturated carbocycles. The Labute approximate surface area is 181 Å². The maximum absolute atomic E-state index is 12.8. The Morgan fingerprint density at radius 1 is 1.16 bits per heavy atom. The zero-order chi connectivity index (χ0) is 22.6. The summed E-state index contributed by atoms with van der Waals surface area (Å²) in [5.41, 5.74) is 0.195. The molecule has 0 unspecified atom stereocenters. The number of halogens is 3. The minimum atomic E-state index is -4.37. The number of nitrogens with one attached hydrogen (secondary N) is 2. The van der Waals surface area contributed by atoms with Crippen molar-refractivity contribution < 1.29 is 31.2 Å². The van der Waals surface area contributed by atoms with Crippen molar-refractivity contribution in [3.8, 4) is 0 Å². The van der Waals surface area contributed by atoms with Gasteiger partial charge in [0.05, 0.1) is 22.9 Å². The first-order chi connectivity index (χ1) is 14.6. The van der Waals surface area contributed by atoms with Crippen molar-refractivity contribution in [3.05, 3.63) is 54.1 Å². The number of amides is 2. The van der Waals surface area contributed by atoms with Crippen molar-refractivity contribution in [3.63, 3.8) is 0 Å². The highest BCUT2D eigenvalue weighted by molar-refractivity contribution is 7.99. The predicted molar refractivity (Wildman–Crippen MR) is 109 cm³/mol. The largest absolute Gasteiger partial charge is 0.398 e. The Bertz CT molecular complexity index is 1090. The molecular weight excluding hydrogens is 455 g/mol. The molecule has 2 amide bonds. The van der Waals surface area contributed by atoms with Crippen molar-refractivity contribution >= 4 is 39.3 Å². The zero-order valence-electron chi connectivity index (χ0n) is 16.0. The van der Waals surface area contributed by atoms with E-state index >= 15 is 0 Å². The topological polar surface area (TPSA) is 95.6 Å². The number of alkyl halides is 3. The number of hydrogen-bond donors (Lipinski definition) is 2. The third kappa shape index (κ3) is 5.99. The molecule has 1 heterocycles. The van der Waals surface area contributed by atoms with Crippen LogP contribution in [0.4, 0.5) is 18.9 Å². The normalized spacial score (nSPS) is 15.4. The number of hydrogen-bond acceptors (Lipinski definition) is 5. The molecule has 1 saturated heterocycles. The number of para-hydroxylation sites is 1. The van der Waals surface area contributed by atoms with Gasteiger partial charge in [0, 0.05) is 23.5 Å². The Morgan fingerprint density at radius 3 is 2.61 bits per heavy atom. The summed E-state index contributed by atoms with van der Waals surface area (Å²) in [4.78, 5) is 24.3. The zero-order valence-corrected chi connectivity index (χ0v) is 17.6. The summed E-state index contributed by atoms with van der Waals surface area (Å²) in [5.74, 6) is -2.21. The predicted octanol–water partition coefficient (Wildman–Crippen LogP) is 2.71. The molecule has 0 aliphatic carbocycles. The smallest absolute Gasteiger partial charge is 0.354 e. The van der Waals surface area contributed by atoms with Gasteiger partial charge in [0.25, 0.3) is 5.91 Å². The number of piperazine rings is 1. The third-order valence-corrected chi connectivity index (χ3v) is 7.24. The first-order valence-corrected chi connectivity index (χ1v) is 11.5. The molecule has 12 heteroatoms. The van der Waals surface area contributed by atoms with Crippen LogP contribution in [0.3, 0.4) is 0 Å². The van der Waals surface area contributed by atoms with Crippen LogP contribution in [0.5, 0.6) is 0 Å². The first kappa shape index (κ1) is 23.1. The van der Waals surface area contributed by atoms with E-state index in [1.54, 1.807) is 12.1 Å². The van der Waals surface area contributed by atoms with Gasteiger partial charge in [-0.05, 0) is 30.3 Å². The highest BCUT2D eigenvalue weighted by Crippen LogP contribution is 2.32. The number of anilines is 1. The molecule has 1 fully saturated rings. The molecule has 0 atom stereocenters. The van der Waals surface area contributed by atoms with E-state index in [4.69, 9.17) is 0 Å². The molecule has 3 rings (SSSR count). The van der Waals surface area contributed by atoms with Crippen LogP contribution >= 0.6 is 11.8 Å². The van der Waals surface area contributed by atoms with E-state index in [9.17, 15) is 31.2 Å². The average molecular weight is 473 g/mol. The van der Waals surface area contributed by atoms with Gasteiger partial charge in [-0.3, -0.25) is 9.59 Å². The van der Waals surface area contributed by atoms with E-state index in [2.05, 4.69) is 10.6 Å². The van der Waals surface area contributed by atoms with Crippen LogP contribution in [0.1, 0.15) is 10.4 Å². The van der Waals surface area contributed by atoms with Crippen molar-refractivity contribution in [1.29, 1.82) is 0 Å². The number of carbonyl (C=O) groups excluding carboxylic acids is 2. The molecule has 0 spiro atoms. The molecule has 0 aromatic heterocycles. The minimum absolute atomic E-state index is 0.0122. The quantitative estimate of drug-likeness (QED) is 0.629. The first-order valence-electron chi connectivity index (χ1n) is 9.03. The van der Waals surface area contributed by atoms with Gasteiger partial charge < -0.3 is 10.6 Å². The van der Waals surface area contributed by atoms with Crippen LogP contribution in [-0.4, -0.2) is 56.1 Å². The maximum atomic E-state index is 12.8. The molecule has 0 radical (unpaired) electrons. The molecule has 166 valence electrons. The second-order valence-electron chi connectivity index (χ2n) is 6.57. The molecule has 7 nitrogen and oxygen atoms in total. The second kappa shape index (κ2) is 9.28. The lowest BCUT2D eigenvalue weighted by Gasteiger charge is -2.26. The van der Waals surface area contributed by atoms with E-state index in [0.717, 1.165) is 4.31 Å². The van der Waals surface area contributed by atoms with E-state index < -0.39 is 33.8 Å². The highest BCUT2D eigenvalue weighted by Gasteiger charge is 2.30. The highest BCUT2D eigenvalue weighted by atomic mass is 32.2. The summed E-state index contributed by atoms with van der Waals surface area (Å²) in [6, 6.07) is 11.3. The second-order valence-corrected chi connectivity index (χ2v) is 9.53. The van der Waals surface area contributed by atoms with Gasteiger partial charge in [0.2, 0.25) is 15.9 Å². The summed E-state index contributed by atoms with van der Waals surface area (Å²) in [6.07, 6.45) is -4.37. The summed E-state index contributed by atoms with van der Waals surface area (Å²) in [6.45, 7) is -0.0263.